The number of carbonyl (C=O) groups is 1. The summed E-state index contributed by atoms with van der Waals surface area (Å²) in [5.74, 6) is 0.142. The molecule has 2 heterocycles. The molecule has 3 N–H and O–H groups in total. The number of nitrogens with one attached hydrogen (secondary N) is 2. The SMILES string of the molecule is C=C/N=C(\C=C(/C)CNC(=O)CO)Nc1nc2ccc(Cc3ccncc3)cc2s1. The number of rotatable bonds is 8. The molecule has 0 spiro atoms. The molecule has 2 aromatic heterocycles. The van der Waals surface area contributed by atoms with Crippen molar-refractivity contribution in [2.24, 2.45) is 4.99 Å². The minimum absolute atomic E-state index is 0.315. The maximum atomic E-state index is 11.2. The van der Waals surface area contributed by atoms with E-state index in [0.717, 1.165) is 27.3 Å². The molecule has 1 amide bonds. The van der Waals surface area contributed by atoms with Gasteiger partial charge in [0.1, 0.15) is 12.4 Å². The highest BCUT2D eigenvalue weighted by molar-refractivity contribution is 7.22. The molecule has 0 atom stereocenters. The molecule has 0 aliphatic heterocycles. The van der Waals surface area contributed by atoms with Crippen molar-refractivity contribution in [2.45, 2.75) is 13.3 Å². The fourth-order valence-corrected chi connectivity index (χ4v) is 3.70. The van der Waals surface area contributed by atoms with E-state index in [1.54, 1.807) is 29.8 Å². The van der Waals surface area contributed by atoms with Crippen LogP contribution in [0.4, 0.5) is 5.13 Å². The molecule has 0 fully saturated rings. The normalized spacial score (nSPS) is 12.1. The molecule has 0 saturated carbocycles. The van der Waals surface area contributed by atoms with Gasteiger partial charge in [0.15, 0.2) is 5.13 Å². The Bertz CT molecular complexity index is 1090. The lowest BCUT2D eigenvalue weighted by molar-refractivity contribution is -0.123. The van der Waals surface area contributed by atoms with E-state index in [1.807, 2.05) is 25.1 Å². The van der Waals surface area contributed by atoms with Crippen molar-refractivity contribution in [1.82, 2.24) is 15.3 Å². The van der Waals surface area contributed by atoms with Gasteiger partial charge in [-0.25, -0.2) is 9.98 Å². The lowest BCUT2D eigenvalue weighted by Gasteiger charge is -2.06. The summed E-state index contributed by atoms with van der Waals surface area (Å²) >= 11 is 1.54. The Morgan fingerprint density at radius 1 is 1.27 bits per heavy atom. The van der Waals surface area contributed by atoms with Crippen LogP contribution in [0.1, 0.15) is 18.1 Å². The van der Waals surface area contributed by atoms with Gasteiger partial charge < -0.3 is 15.7 Å². The van der Waals surface area contributed by atoms with Crippen LogP contribution in [-0.2, 0) is 11.2 Å². The number of anilines is 1. The monoisotopic (exact) mass is 421 g/mol. The number of aliphatic hydroxyl groups excluding tert-OH is 1. The Hall–Kier alpha value is -3.36. The number of aromatic nitrogens is 2. The zero-order chi connectivity index (χ0) is 21.3. The van der Waals surface area contributed by atoms with Crippen molar-refractivity contribution in [3.05, 3.63) is 78.3 Å². The number of hydrogen-bond acceptors (Lipinski definition) is 6. The van der Waals surface area contributed by atoms with E-state index >= 15 is 0 Å². The van der Waals surface area contributed by atoms with Crippen LogP contribution in [0.2, 0.25) is 0 Å². The topological polar surface area (TPSA) is 99.5 Å². The fraction of sp³-hybridized carbons (Fsp3) is 0.182. The van der Waals surface area contributed by atoms with Gasteiger partial charge in [-0.15, -0.1) is 0 Å². The van der Waals surface area contributed by atoms with Crippen LogP contribution in [0.15, 0.2) is 72.1 Å². The van der Waals surface area contributed by atoms with E-state index in [1.165, 1.54) is 17.3 Å². The molecule has 3 rings (SSSR count). The van der Waals surface area contributed by atoms with Crippen molar-refractivity contribution in [1.29, 1.82) is 0 Å². The molecule has 0 saturated heterocycles. The Morgan fingerprint density at radius 2 is 2.07 bits per heavy atom. The van der Waals surface area contributed by atoms with E-state index in [0.29, 0.717) is 12.4 Å². The van der Waals surface area contributed by atoms with Gasteiger partial charge in [-0.1, -0.05) is 29.6 Å². The molecule has 0 unspecified atom stereocenters. The Kier molecular flexibility index (Phi) is 7.42. The van der Waals surface area contributed by atoms with Gasteiger partial charge in [0.2, 0.25) is 5.91 Å². The summed E-state index contributed by atoms with van der Waals surface area (Å²) in [4.78, 5) is 24.1. The standard InChI is InChI=1S/C22H23N5O2S/c1-3-24-20(10-15(2)13-25-21(29)14-28)27-22-26-18-5-4-17(12-19(18)30-22)11-16-6-8-23-9-7-16/h3-10,12,28H,1,11,13-14H2,2H3,(H,25,29)(H,24,26,27)/b15-10+. The Labute approximate surface area is 178 Å². The molecule has 0 aliphatic carbocycles. The maximum Gasteiger partial charge on any atom is 0.245 e. The summed E-state index contributed by atoms with van der Waals surface area (Å²) < 4.78 is 1.08. The largest absolute Gasteiger partial charge is 0.387 e. The zero-order valence-electron chi connectivity index (χ0n) is 16.6. The number of nitrogens with zero attached hydrogens (tertiary/aromatic N) is 3. The third-order valence-corrected chi connectivity index (χ3v) is 5.10. The van der Waals surface area contributed by atoms with Crippen molar-refractivity contribution in [3.63, 3.8) is 0 Å². The second kappa shape index (κ2) is 10.4. The first-order chi connectivity index (χ1) is 14.6. The minimum Gasteiger partial charge on any atom is -0.387 e. The van der Waals surface area contributed by atoms with Gasteiger partial charge >= 0.3 is 0 Å². The second-order valence-electron chi connectivity index (χ2n) is 6.60. The summed E-state index contributed by atoms with van der Waals surface area (Å²) in [6.45, 7) is 5.29. The number of amides is 1. The van der Waals surface area contributed by atoms with Gasteiger partial charge in [-0.05, 0) is 54.8 Å². The molecule has 0 radical (unpaired) electrons. The van der Waals surface area contributed by atoms with Crippen LogP contribution in [0.25, 0.3) is 10.2 Å². The van der Waals surface area contributed by atoms with Gasteiger partial charge in [-0.3, -0.25) is 9.78 Å². The number of hydrogen-bond donors (Lipinski definition) is 3. The van der Waals surface area contributed by atoms with E-state index in [9.17, 15) is 4.79 Å². The summed E-state index contributed by atoms with van der Waals surface area (Å²) in [6.07, 6.45) is 7.68. The van der Waals surface area contributed by atoms with E-state index in [2.05, 4.69) is 44.3 Å². The lowest BCUT2D eigenvalue weighted by Crippen LogP contribution is -2.28. The van der Waals surface area contributed by atoms with Gasteiger partial charge in [0, 0.05) is 25.1 Å². The summed E-state index contributed by atoms with van der Waals surface area (Å²) in [6, 6.07) is 10.3. The summed E-state index contributed by atoms with van der Waals surface area (Å²) in [5.41, 5.74) is 4.20. The molecule has 0 bridgehead atoms. The van der Waals surface area contributed by atoms with Gasteiger partial charge in [-0.2, -0.15) is 0 Å². The molecule has 1 aromatic carbocycles. The fourth-order valence-electron chi connectivity index (χ4n) is 2.76. The smallest absolute Gasteiger partial charge is 0.245 e. The van der Waals surface area contributed by atoms with Crippen molar-refractivity contribution in [3.8, 4) is 0 Å². The van der Waals surface area contributed by atoms with E-state index in [4.69, 9.17) is 5.11 Å². The zero-order valence-corrected chi connectivity index (χ0v) is 17.4. The van der Waals surface area contributed by atoms with Crippen LogP contribution in [0.3, 0.4) is 0 Å². The van der Waals surface area contributed by atoms with E-state index < -0.39 is 12.5 Å². The highest BCUT2D eigenvalue weighted by Gasteiger charge is 2.07. The molecular formula is C22H23N5O2S. The third-order valence-electron chi connectivity index (χ3n) is 4.17. The minimum atomic E-state index is -0.534. The van der Waals surface area contributed by atoms with Crippen molar-refractivity contribution in [2.75, 3.05) is 18.5 Å². The predicted octanol–water partition coefficient (Wildman–Crippen LogP) is 3.29. The number of amidine groups is 1. The van der Waals surface area contributed by atoms with E-state index in [-0.39, 0.29) is 0 Å². The van der Waals surface area contributed by atoms with Crippen LogP contribution in [0, 0.1) is 0 Å². The number of benzene rings is 1. The predicted molar refractivity (Wildman–Crippen MR) is 122 cm³/mol. The first kappa shape index (κ1) is 21.4. The number of pyridine rings is 1. The molecule has 7 nitrogen and oxygen atoms in total. The van der Waals surface area contributed by atoms with Crippen molar-refractivity contribution >= 4 is 38.4 Å². The van der Waals surface area contributed by atoms with Crippen LogP contribution in [-0.4, -0.2) is 40.0 Å². The van der Waals surface area contributed by atoms with Gasteiger partial charge in [0.05, 0.1) is 10.2 Å². The average Bonchev–Trinajstić information content (AvgIpc) is 3.14. The maximum absolute atomic E-state index is 11.2. The number of carbonyl (C=O) groups excluding carboxylic acids is 1. The quantitative estimate of drug-likeness (QED) is 0.383. The number of aliphatic imine (C=N–C) groups is 1. The number of aliphatic hydroxyl groups is 1. The second-order valence-corrected chi connectivity index (χ2v) is 7.63. The first-order valence-electron chi connectivity index (χ1n) is 9.36. The molecule has 30 heavy (non-hydrogen) atoms. The van der Waals surface area contributed by atoms with Gasteiger partial charge in [0.25, 0.3) is 0 Å². The highest BCUT2D eigenvalue weighted by Crippen LogP contribution is 2.27. The number of fused-ring (bicyclic) bond motifs is 1. The Morgan fingerprint density at radius 3 is 2.80 bits per heavy atom. The van der Waals surface area contributed by atoms with Crippen molar-refractivity contribution < 1.29 is 9.90 Å². The average molecular weight is 422 g/mol. The highest BCUT2D eigenvalue weighted by atomic mass is 32.1. The summed E-state index contributed by atoms with van der Waals surface area (Å²) in [7, 11) is 0. The first-order valence-corrected chi connectivity index (χ1v) is 10.2. The molecular weight excluding hydrogens is 398 g/mol. The third kappa shape index (κ3) is 6.07. The summed E-state index contributed by atoms with van der Waals surface area (Å²) in [5, 5.41) is 15.3. The molecule has 0 aliphatic rings. The number of thiazole rings is 1. The lowest BCUT2D eigenvalue weighted by atomic mass is 10.1. The molecule has 154 valence electrons. The molecule has 8 heteroatoms. The Balaban J connectivity index is 1.73. The van der Waals surface area contributed by atoms with Crippen LogP contribution < -0.4 is 10.6 Å². The molecule has 3 aromatic rings. The van der Waals surface area contributed by atoms with Crippen LogP contribution in [0.5, 0.6) is 0 Å². The van der Waals surface area contributed by atoms with Crippen LogP contribution >= 0.6 is 11.3 Å².